The molecule has 3 aromatic heterocycles. The summed E-state index contributed by atoms with van der Waals surface area (Å²) in [5.74, 6) is 7.70. The molecule has 0 radical (unpaired) electrons. The Hall–Kier alpha value is -3.27. The number of benzene rings is 1. The van der Waals surface area contributed by atoms with E-state index in [0.717, 1.165) is 46.5 Å². The van der Waals surface area contributed by atoms with Crippen LogP contribution in [0.1, 0.15) is 44.2 Å². The Morgan fingerprint density at radius 2 is 1.79 bits per heavy atom. The highest BCUT2D eigenvalue weighted by Crippen LogP contribution is 2.32. The fourth-order valence-electron chi connectivity index (χ4n) is 3.51. The van der Waals surface area contributed by atoms with Crippen LogP contribution < -0.4 is 5.32 Å². The van der Waals surface area contributed by atoms with Crippen molar-refractivity contribution in [1.82, 2.24) is 15.0 Å². The zero-order chi connectivity index (χ0) is 23.1. The first-order valence-electron chi connectivity index (χ1n) is 11.3. The first-order chi connectivity index (χ1) is 16.1. The number of nitrogens with zero attached hydrogens (tertiary/aromatic N) is 3. The molecular formula is C27H28N4OS. The Bertz CT molecular complexity index is 1260. The van der Waals surface area contributed by atoms with Gasteiger partial charge in [-0.3, -0.25) is 4.98 Å². The van der Waals surface area contributed by atoms with Crippen LogP contribution in [-0.4, -0.2) is 32.2 Å². The molecule has 0 aliphatic carbocycles. The van der Waals surface area contributed by atoms with Crippen molar-refractivity contribution < 1.29 is 5.11 Å². The highest BCUT2D eigenvalue weighted by atomic mass is 32.1. The third kappa shape index (κ3) is 5.57. The van der Waals surface area contributed by atoms with Crippen LogP contribution >= 0.6 is 11.3 Å². The van der Waals surface area contributed by atoms with Crippen LogP contribution in [-0.2, 0) is 6.42 Å². The van der Waals surface area contributed by atoms with Crippen molar-refractivity contribution in [2.45, 2.75) is 45.1 Å². The van der Waals surface area contributed by atoms with Gasteiger partial charge in [0.2, 0.25) is 0 Å². The largest absolute Gasteiger partial charge is 0.378 e. The minimum Gasteiger partial charge on any atom is -0.378 e. The molecule has 5 nitrogen and oxygen atoms in total. The second-order valence-corrected chi connectivity index (χ2v) is 8.84. The number of aliphatic hydroxyl groups is 1. The number of pyridine rings is 1. The molecule has 0 aliphatic rings. The van der Waals surface area contributed by atoms with E-state index in [0.29, 0.717) is 18.7 Å². The molecule has 6 heteroatoms. The fourth-order valence-corrected chi connectivity index (χ4v) is 4.41. The van der Waals surface area contributed by atoms with Crippen molar-refractivity contribution in [1.29, 1.82) is 0 Å². The van der Waals surface area contributed by atoms with Gasteiger partial charge in [-0.25, -0.2) is 9.97 Å². The van der Waals surface area contributed by atoms with Gasteiger partial charge in [0.05, 0.1) is 10.3 Å². The van der Waals surface area contributed by atoms with Crippen molar-refractivity contribution in [2.24, 2.45) is 0 Å². The van der Waals surface area contributed by atoms with E-state index in [4.69, 9.17) is 9.97 Å². The maximum Gasteiger partial charge on any atom is 0.162 e. The van der Waals surface area contributed by atoms with Gasteiger partial charge in [-0.05, 0) is 43.4 Å². The topological polar surface area (TPSA) is 70.9 Å². The Balaban J connectivity index is 1.65. The standard InChI is InChI=1S/C27H28N4OS/c1-3-27(32,4-2)15-12-22-19-33-24-23(22)30-25(21-13-17-28-18-14-21)31-26(24)29-16-8-11-20-9-6-5-7-10-20/h5-7,9-10,13-14,17-19,32H,3-4,8,11,16H2,1-2H3,(H,29,30,31). The molecule has 0 saturated carbocycles. The maximum atomic E-state index is 10.6. The van der Waals surface area contributed by atoms with Crippen molar-refractivity contribution in [2.75, 3.05) is 11.9 Å². The van der Waals surface area contributed by atoms with Crippen molar-refractivity contribution in [3.63, 3.8) is 0 Å². The predicted octanol–water partition coefficient (Wildman–Crippen LogP) is 5.70. The van der Waals surface area contributed by atoms with Crippen LogP contribution in [0.4, 0.5) is 5.82 Å². The lowest BCUT2D eigenvalue weighted by atomic mass is 9.98. The fraction of sp³-hybridized carbons (Fsp3) is 0.296. The summed E-state index contributed by atoms with van der Waals surface area (Å²) in [5.41, 5.74) is 2.89. The lowest BCUT2D eigenvalue weighted by Gasteiger charge is -2.16. The number of fused-ring (bicyclic) bond motifs is 1. The van der Waals surface area contributed by atoms with E-state index < -0.39 is 5.60 Å². The zero-order valence-electron chi connectivity index (χ0n) is 19.0. The van der Waals surface area contributed by atoms with Crippen LogP contribution in [0, 0.1) is 11.8 Å². The second-order valence-electron chi connectivity index (χ2n) is 7.96. The van der Waals surface area contributed by atoms with Gasteiger partial charge >= 0.3 is 0 Å². The molecule has 0 atom stereocenters. The Morgan fingerprint density at radius 1 is 1.03 bits per heavy atom. The van der Waals surface area contributed by atoms with Gasteiger partial charge in [0.15, 0.2) is 5.82 Å². The number of hydrogen-bond acceptors (Lipinski definition) is 6. The van der Waals surface area contributed by atoms with Gasteiger partial charge in [0.25, 0.3) is 0 Å². The summed E-state index contributed by atoms with van der Waals surface area (Å²) in [7, 11) is 0. The highest BCUT2D eigenvalue weighted by Gasteiger charge is 2.19. The van der Waals surface area contributed by atoms with Crippen LogP contribution in [0.25, 0.3) is 21.6 Å². The summed E-state index contributed by atoms with van der Waals surface area (Å²) >= 11 is 1.58. The van der Waals surface area contributed by atoms with Crippen molar-refractivity contribution in [3.8, 4) is 23.2 Å². The van der Waals surface area contributed by atoms with E-state index in [1.807, 2.05) is 37.4 Å². The molecule has 1 aromatic carbocycles. The number of rotatable bonds is 8. The smallest absolute Gasteiger partial charge is 0.162 e. The SMILES string of the molecule is CCC(O)(C#Cc1csc2c(NCCCc3ccccc3)nc(-c3ccncc3)nc12)CC. The number of hydrogen-bond donors (Lipinski definition) is 2. The Labute approximate surface area is 199 Å². The Kier molecular flexibility index (Phi) is 7.33. The summed E-state index contributed by atoms with van der Waals surface area (Å²) in [5, 5.41) is 16.1. The number of anilines is 1. The molecule has 2 N–H and O–H groups in total. The molecule has 33 heavy (non-hydrogen) atoms. The third-order valence-corrected chi connectivity index (χ3v) is 6.71. The summed E-state index contributed by atoms with van der Waals surface area (Å²) in [6.45, 7) is 4.71. The monoisotopic (exact) mass is 456 g/mol. The second kappa shape index (κ2) is 10.6. The third-order valence-electron chi connectivity index (χ3n) is 5.73. The minimum atomic E-state index is -0.978. The number of aromatic nitrogens is 3. The molecule has 0 bridgehead atoms. The summed E-state index contributed by atoms with van der Waals surface area (Å²) in [6.07, 6.45) is 6.67. The lowest BCUT2D eigenvalue weighted by molar-refractivity contribution is 0.0931. The van der Waals surface area contributed by atoms with E-state index in [2.05, 4.69) is 46.4 Å². The molecular weight excluding hydrogens is 428 g/mol. The van der Waals surface area contributed by atoms with Gasteiger partial charge in [-0.2, -0.15) is 0 Å². The van der Waals surface area contributed by atoms with Gasteiger partial charge in [-0.1, -0.05) is 56.0 Å². The quantitative estimate of drug-likeness (QED) is 0.263. The van der Waals surface area contributed by atoms with E-state index in [9.17, 15) is 5.11 Å². The molecule has 0 unspecified atom stereocenters. The van der Waals surface area contributed by atoms with Gasteiger partial charge in [0, 0.05) is 29.9 Å². The van der Waals surface area contributed by atoms with Gasteiger partial charge in [-0.15, -0.1) is 11.3 Å². The molecule has 0 aliphatic heterocycles. The van der Waals surface area contributed by atoms with Gasteiger partial charge < -0.3 is 10.4 Å². The van der Waals surface area contributed by atoms with Crippen LogP contribution in [0.3, 0.4) is 0 Å². The average Bonchev–Trinajstić information content (AvgIpc) is 3.29. The summed E-state index contributed by atoms with van der Waals surface area (Å²) in [6, 6.07) is 14.3. The van der Waals surface area contributed by atoms with E-state index >= 15 is 0 Å². The maximum absolute atomic E-state index is 10.6. The minimum absolute atomic E-state index is 0.587. The normalized spacial score (nSPS) is 11.2. The highest BCUT2D eigenvalue weighted by molar-refractivity contribution is 7.18. The van der Waals surface area contributed by atoms with Gasteiger partial charge in [0.1, 0.15) is 16.9 Å². The van der Waals surface area contributed by atoms with E-state index in [1.165, 1.54) is 5.56 Å². The number of nitrogens with one attached hydrogen (secondary N) is 1. The number of thiophene rings is 1. The molecule has 0 fully saturated rings. The van der Waals surface area contributed by atoms with Crippen LogP contribution in [0.2, 0.25) is 0 Å². The predicted molar refractivity (Wildman–Crippen MR) is 136 cm³/mol. The molecule has 3 heterocycles. The molecule has 168 valence electrons. The lowest BCUT2D eigenvalue weighted by Crippen LogP contribution is -2.23. The van der Waals surface area contributed by atoms with Crippen LogP contribution in [0.15, 0.2) is 60.2 Å². The van der Waals surface area contributed by atoms with Crippen molar-refractivity contribution in [3.05, 3.63) is 71.4 Å². The van der Waals surface area contributed by atoms with Crippen LogP contribution in [0.5, 0.6) is 0 Å². The molecule has 4 rings (SSSR count). The van der Waals surface area contributed by atoms with E-state index in [1.54, 1.807) is 23.7 Å². The Morgan fingerprint density at radius 3 is 2.52 bits per heavy atom. The average molecular weight is 457 g/mol. The number of aryl methyl sites for hydroxylation is 1. The summed E-state index contributed by atoms with van der Waals surface area (Å²) < 4.78 is 0.980. The molecule has 0 spiro atoms. The first-order valence-corrected chi connectivity index (χ1v) is 12.2. The van der Waals surface area contributed by atoms with E-state index in [-0.39, 0.29) is 0 Å². The first kappa shape index (κ1) is 22.9. The zero-order valence-corrected chi connectivity index (χ0v) is 19.8. The molecule has 0 amide bonds. The molecule has 4 aromatic rings. The molecule has 0 saturated heterocycles. The summed E-state index contributed by atoms with van der Waals surface area (Å²) in [4.78, 5) is 13.8. The van der Waals surface area contributed by atoms with Crippen molar-refractivity contribution >= 4 is 27.4 Å².